The highest BCUT2D eigenvalue weighted by molar-refractivity contribution is 5.85. The lowest BCUT2D eigenvalue weighted by Gasteiger charge is -2.25. The Morgan fingerprint density at radius 2 is 0.690 bits per heavy atom. The van der Waals surface area contributed by atoms with Crippen LogP contribution in [-0.2, 0) is 56.0 Å². The monoisotopic (exact) mass is 1390 g/mol. The minimum absolute atomic E-state index is 0.0418. The summed E-state index contributed by atoms with van der Waals surface area (Å²) in [6.45, 7) is 14.5. The Bertz CT molecular complexity index is 3240. The number of para-hydroxylation sites is 2. The molecule has 4 rings (SSSR count). The minimum Gasteiger partial charge on any atom is -0.370 e. The lowest BCUT2D eigenvalue weighted by molar-refractivity contribution is -0.125. The van der Waals surface area contributed by atoms with Gasteiger partial charge in [-0.1, -0.05) is 84.4 Å². The molecule has 0 saturated carbocycles. The van der Waals surface area contributed by atoms with Gasteiger partial charge in [0.15, 0.2) is 11.9 Å². The molecule has 27 nitrogen and oxygen atoms in total. The Morgan fingerprint density at radius 1 is 0.380 bits per heavy atom. The molecule has 2 aromatic heterocycles. The van der Waals surface area contributed by atoms with E-state index in [-0.39, 0.29) is 165 Å². The third-order valence-corrected chi connectivity index (χ3v) is 18.3. The molecule has 0 bridgehead atoms. The number of nitrogens with two attached hydrogens (primary N) is 6. The van der Waals surface area contributed by atoms with E-state index in [1.54, 1.807) is 0 Å². The molecule has 100 heavy (non-hydrogen) atoms. The molecule has 27 heteroatoms. The largest absolute Gasteiger partial charge is 0.370 e. The van der Waals surface area contributed by atoms with Gasteiger partial charge in [0.1, 0.15) is 0 Å². The van der Waals surface area contributed by atoms with Gasteiger partial charge in [-0.05, 0) is 150 Å². The zero-order valence-corrected chi connectivity index (χ0v) is 60.5. The predicted octanol–water partition coefficient (Wildman–Crippen LogP) is 5.26. The lowest BCUT2D eigenvalue weighted by atomic mass is 9.97. The van der Waals surface area contributed by atoms with Gasteiger partial charge >= 0.3 is 0 Å². The van der Waals surface area contributed by atoms with E-state index < -0.39 is 30.1 Å². The number of aromatic amines is 2. The van der Waals surface area contributed by atoms with Crippen molar-refractivity contribution in [1.29, 1.82) is 0 Å². The molecule has 22 N–H and O–H groups in total. The number of fused-ring (bicyclic) bond motifs is 2. The van der Waals surface area contributed by atoms with Crippen LogP contribution in [0.5, 0.6) is 0 Å². The molecule has 0 unspecified atom stereocenters. The fourth-order valence-electron chi connectivity index (χ4n) is 12.5. The number of guanidine groups is 2. The normalized spacial score (nSPS) is 13.8. The number of aromatic nitrogens is 2. The molecule has 0 aliphatic carbocycles. The van der Waals surface area contributed by atoms with Crippen molar-refractivity contribution in [3.05, 3.63) is 72.1 Å². The molecule has 0 saturated heterocycles. The van der Waals surface area contributed by atoms with Crippen molar-refractivity contribution in [1.82, 2.24) is 52.5 Å². The quantitative estimate of drug-likeness (QED) is 0.0152. The van der Waals surface area contributed by atoms with E-state index >= 15 is 0 Å². The molecular formula is C73H120N18O9. The Balaban J connectivity index is 1.41. The van der Waals surface area contributed by atoms with Crippen LogP contribution in [-0.4, -0.2) is 143 Å². The second kappa shape index (κ2) is 45.8. The fourth-order valence-corrected chi connectivity index (χ4v) is 12.5. The predicted molar refractivity (Wildman–Crippen MR) is 395 cm³/mol. The number of carbonyl (C=O) groups is 9. The molecule has 0 fully saturated rings. The first-order valence-corrected chi connectivity index (χ1v) is 36.2. The third-order valence-electron chi connectivity index (χ3n) is 18.3. The molecule has 2 aromatic carbocycles. The molecule has 0 aliphatic heterocycles. The van der Waals surface area contributed by atoms with E-state index in [0.29, 0.717) is 103 Å². The summed E-state index contributed by atoms with van der Waals surface area (Å²) in [7, 11) is 0. The number of primary amides is 1. The van der Waals surface area contributed by atoms with Gasteiger partial charge in [0.05, 0.1) is 0 Å². The lowest BCUT2D eigenvalue weighted by Crippen LogP contribution is -2.43. The number of carbonyl (C=O) groups excluding carboxylic acids is 9. The van der Waals surface area contributed by atoms with Crippen LogP contribution in [0, 0.1) is 17.8 Å². The highest BCUT2D eigenvalue weighted by Crippen LogP contribution is 2.24. The van der Waals surface area contributed by atoms with Crippen molar-refractivity contribution >= 4 is 86.9 Å². The van der Waals surface area contributed by atoms with Gasteiger partial charge in [-0.25, -0.2) is 0 Å². The average molecular weight is 1390 g/mol. The van der Waals surface area contributed by atoms with Crippen LogP contribution in [0.2, 0.25) is 0 Å². The van der Waals surface area contributed by atoms with Crippen molar-refractivity contribution < 1.29 is 43.2 Å². The SMILES string of the molecule is CC(=O)N[C@H](CCC(=O)N[C@@H](CCCCN)CCC(=O)N[C@H](CCC(=O)N[C@H](CCC(=O)N[C@@H](CCCN=C(N)N)CCC(=O)N[C@H](CCC(=O)N[C@@H](CCCN=C(N)N)CCC(=O)N[C@H](CCC(N)=O)C(C)C)Cc1c[nH]c2ccccc12)C(C)C)Cc1c[nH]c2ccccc12)C(C)C. The van der Waals surface area contributed by atoms with Crippen molar-refractivity contribution in [3.63, 3.8) is 0 Å². The smallest absolute Gasteiger partial charge is 0.220 e. The maximum absolute atomic E-state index is 14.1. The Hall–Kier alpha value is -8.75. The fraction of sp³-hybridized carbons (Fsp3) is 0.630. The van der Waals surface area contributed by atoms with Crippen molar-refractivity contribution in [2.45, 2.75) is 257 Å². The molecule has 0 spiro atoms. The first-order chi connectivity index (χ1) is 47.7. The first-order valence-electron chi connectivity index (χ1n) is 36.2. The Kier molecular flexibility index (Phi) is 38.3. The second-order valence-corrected chi connectivity index (χ2v) is 27.8. The van der Waals surface area contributed by atoms with Gasteiger partial charge in [0.25, 0.3) is 0 Å². The number of rotatable bonds is 51. The molecule has 9 amide bonds. The number of H-pyrrole nitrogens is 2. The second-order valence-electron chi connectivity index (χ2n) is 27.8. The highest BCUT2D eigenvalue weighted by atomic mass is 16.2. The van der Waals surface area contributed by atoms with Gasteiger partial charge in [-0.3, -0.25) is 53.1 Å². The maximum Gasteiger partial charge on any atom is 0.220 e. The van der Waals surface area contributed by atoms with Gasteiger partial charge in [-0.2, -0.15) is 0 Å². The summed E-state index contributed by atoms with van der Waals surface area (Å²) in [5.41, 5.74) is 37.5. The summed E-state index contributed by atoms with van der Waals surface area (Å²) in [6.07, 6.45) is 12.7. The minimum atomic E-state index is -0.473. The molecular weight excluding hydrogens is 1270 g/mol. The van der Waals surface area contributed by atoms with Gasteiger partial charge < -0.3 is 86.9 Å². The third kappa shape index (κ3) is 34.4. The van der Waals surface area contributed by atoms with Crippen molar-refractivity contribution in [2.75, 3.05) is 19.6 Å². The van der Waals surface area contributed by atoms with Crippen LogP contribution < -0.4 is 76.9 Å². The van der Waals surface area contributed by atoms with Crippen LogP contribution in [0.3, 0.4) is 0 Å². The van der Waals surface area contributed by atoms with Gasteiger partial charge in [0, 0.05) is 154 Å². The van der Waals surface area contributed by atoms with Crippen molar-refractivity contribution in [3.8, 4) is 0 Å². The topological polar surface area (TPSA) is 462 Å². The number of aliphatic imine (C=N–C) groups is 2. The summed E-state index contributed by atoms with van der Waals surface area (Å²) in [4.78, 5) is 134. The molecule has 556 valence electrons. The number of unbranched alkanes of at least 4 members (excludes halogenated alkanes) is 1. The van der Waals surface area contributed by atoms with Gasteiger partial charge in [0.2, 0.25) is 53.2 Å². The van der Waals surface area contributed by atoms with E-state index in [2.05, 4.69) is 62.5 Å². The summed E-state index contributed by atoms with van der Waals surface area (Å²) >= 11 is 0. The van der Waals surface area contributed by atoms with E-state index in [1.807, 2.05) is 102 Å². The number of hydrogen-bond donors (Lipinski definition) is 16. The zero-order chi connectivity index (χ0) is 73.5. The van der Waals surface area contributed by atoms with E-state index in [0.717, 1.165) is 45.8 Å². The number of hydrogen-bond acceptors (Lipinski definition) is 12. The summed E-state index contributed by atoms with van der Waals surface area (Å²) in [6, 6.07) is 13.0. The van der Waals surface area contributed by atoms with E-state index in [9.17, 15) is 43.2 Å². The Morgan fingerprint density at radius 3 is 1.03 bits per heavy atom. The number of nitrogens with one attached hydrogen (secondary N) is 10. The van der Waals surface area contributed by atoms with Crippen molar-refractivity contribution in [2.24, 2.45) is 62.1 Å². The number of amides is 9. The van der Waals surface area contributed by atoms with Crippen LogP contribution in [0.15, 0.2) is 70.9 Å². The highest BCUT2D eigenvalue weighted by Gasteiger charge is 2.26. The van der Waals surface area contributed by atoms with Crippen LogP contribution in [0.1, 0.15) is 207 Å². The summed E-state index contributed by atoms with van der Waals surface area (Å²) in [5.74, 6) is -2.09. The van der Waals surface area contributed by atoms with Crippen LogP contribution in [0.25, 0.3) is 21.8 Å². The molecule has 2 heterocycles. The molecule has 4 aromatic rings. The summed E-state index contributed by atoms with van der Waals surface area (Å²) in [5, 5.41) is 27.0. The molecule has 0 aliphatic rings. The van der Waals surface area contributed by atoms with E-state index in [4.69, 9.17) is 34.4 Å². The van der Waals surface area contributed by atoms with Crippen LogP contribution >= 0.6 is 0 Å². The first kappa shape index (κ1) is 83.7. The van der Waals surface area contributed by atoms with Crippen LogP contribution in [0.4, 0.5) is 0 Å². The van der Waals surface area contributed by atoms with E-state index in [1.165, 1.54) is 6.92 Å². The van der Waals surface area contributed by atoms with Gasteiger partial charge in [-0.15, -0.1) is 0 Å². The summed E-state index contributed by atoms with van der Waals surface area (Å²) < 4.78 is 0. The standard InChI is InChI=1S/C73H120N18O9/c1-46(2)59(84-49(7)92)29-37-68(97)85-52(16-12-13-39-74)23-32-66(95)89-56(43-51-45-83-63-22-11-9-20-58(51)63)27-36-71(100)91-61(48(5)6)30-38-69(98)87-53(17-14-40-80-72(76)77)24-33-67(96)88-55(42-50-44-82-62-21-10-8-19-57(50)62)26-35-65(94)86-54(18-15-41-81-73(78)79)25-34-70(99)90-60(47(3)4)28-31-64(75)93/h8-11,19-22,44-48,52-56,59-61,82-83H,12-18,23-43,74H2,1-7H3,(H2,75,93)(H,84,92)(H,85,97)(H,86,94)(H,87,98)(H,88,96)(H,89,95)(H,90,99)(H,91,100)(H4,76,77,80)(H4,78,79,81)/t52-,53-,54-,55+,56+,59+,60+,61+/m0/s1. The maximum atomic E-state index is 14.1. The Labute approximate surface area is 591 Å². The zero-order valence-electron chi connectivity index (χ0n) is 60.5. The molecule has 0 radical (unpaired) electrons. The molecule has 8 atom stereocenters. The average Bonchev–Trinajstić information content (AvgIpc) is 1.69. The number of nitrogens with zero attached hydrogens (tertiary/aromatic N) is 2. The number of benzene rings is 2.